The number of carboxylic acid groups (broad SMARTS) is 1. The van der Waals surface area contributed by atoms with Crippen LogP contribution in [0.2, 0.25) is 0 Å². The third-order valence-corrected chi connectivity index (χ3v) is 6.79. The molecular weight excluding hydrogens is 562 g/mol. The molecule has 0 spiro atoms. The second-order valence-electron chi connectivity index (χ2n) is 9.32. The summed E-state index contributed by atoms with van der Waals surface area (Å²) in [6.07, 6.45) is 2.38. The van der Waals surface area contributed by atoms with E-state index in [0.29, 0.717) is 0 Å². The number of hydrogen-bond acceptors (Lipinski definition) is 13. The Hall–Kier alpha value is -5.00. The van der Waals surface area contributed by atoms with Gasteiger partial charge in [0.15, 0.2) is 22.5 Å². The number of carboxylic acids is 1. The molecule has 0 saturated carbocycles. The minimum atomic E-state index is -1.74. The maximum Gasteiger partial charge on any atom is 0.350 e. The number of oxime groups is 1. The number of amidine groups is 1. The van der Waals surface area contributed by atoms with Crippen molar-refractivity contribution in [3.63, 3.8) is 0 Å². The van der Waals surface area contributed by atoms with Crippen LogP contribution >= 0.6 is 11.8 Å². The lowest BCUT2D eigenvalue weighted by Gasteiger charge is -2.37. The van der Waals surface area contributed by atoms with Crippen molar-refractivity contribution in [2.75, 3.05) is 12.3 Å². The van der Waals surface area contributed by atoms with Gasteiger partial charge in [0.05, 0.1) is 11.7 Å². The van der Waals surface area contributed by atoms with Crippen LogP contribution in [0, 0.1) is 0 Å². The van der Waals surface area contributed by atoms with Crippen LogP contribution < -0.4 is 27.1 Å². The standard InChI is InChI=1S/C23H25N9O8S/c1-23(2,21(38)39)40-32-16(12-8-41-22(24)30-12)20(37)31-15-11(29-19(15)36)6-27-18(35)9-3-4-25-17(28-9)10-5-13(33)14(34)7-26-10/h3-5,7,11-12,15,34H,6,8H2,1-2H3,(H2,24,30)(H,26,33)(H,27,35)(H,29,36)(H,31,37)(H,38,39)/b32-16-/t11-,12?,15+/m1/s1. The van der Waals surface area contributed by atoms with Crippen LogP contribution in [0.1, 0.15) is 24.3 Å². The summed E-state index contributed by atoms with van der Waals surface area (Å²) >= 11 is 1.17. The molecule has 0 aliphatic carbocycles. The number of hydrogen-bond donors (Lipinski definition) is 7. The summed E-state index contributed by atoms with van der Waals surface area (Å²) in [5.41, 5.74) is 3.17. The maximum absolute atomic E-state index is 13.1. The molecule has 18 heteroatoms. The fourth-order valence-corrected chi connectivity index (χ4v) is 4.24. The molecule has 4 rings (SSSR count). The first-order valence-electron chi connectivity index (χ1n) is 12.0. The van der Waals surface area contributed by atoms with Gasteiger partial charge in [0, 0.05) is 30.8 Å². The van der Waals surface area contributed by atoms with Crippen molar-refractivity contribution in [2.45, 2.75) is 37.6 Å². The summed E-state index contributed by atoms with van der Waals surface area (Å²) in [5.74, 6) is -3.48. The van der Waals surface area contributed by atoms with E-state index in [1.165, 1.54) is 37.9 Å². The SMILES string of the molecule is CC(C)(O/N=C(\C(=O)N[C@@H]1C(=O)N[C@@H]1CNC(=O)c1ccnc(-c2cc(=O)c(O)c[nH]2)n1)C1CSC(N)=N1)C(=O)O. The monoisotopic (exact) mass is 587 g/mol. The lowest BCUT2D eigenvalue weighted by Crippen LogP contribution is -2.72. The zero-order valence-corrected chi connectivity index (χ0v) is 22.4. The quantitative estimate of drug-likeness (QED) is 0.0897. The number of amides is 3. The predicted molar refractivity (Wildman–Crippen MR) is 144 cm³/mol. The van der Waals surface area contributed by atoms with Crippen LogP contribution in [-0.4, -0.2) is 95.8 Å². The Morgan fingerprint density at radius 1 is 1.32 bits per heavy atom. The van der Waals surface area contributed by atoms with Crippen molar-refractivity contribution < 1.29 is 34.2 Å². The number of β-lactam (4-membered cyclic amide) rings is 1. The summed E-state index contributed by atoms with van der Waals surface area (Å²) in [5, 5.41) is 30.3. The topological polar surface area (TPSA) is 263 Å². The van der Waals surface area contributed by atoms with Crippen LogP contribution in [0.25, 0.3) is 11.5 Å². The first kappa shape index (κ1) is 29.0. The Morgan fingerprint density at radius 2 is 2.07 bits per heavy atom. The van der Waals surface area contributed by atoms with E-state index in [0.717, 1.165) is 12.3 Å². The number of aliphatic carboxylic acids is 1. The molecule has 3 atom stereocenters. The summed E-state index contributed by atoms with van der Waals surface area (Å²) in [7, 11) is 0. The number of aromatic amines is 1. The molecule has 1 saturated heterocycles. The molecule has 1 unspecified atom stereocenters. The largest absolute Gasteiger partial charge is 0.503 e. The van der Waals surface area contributed by atoms with E-state index in [1.807, 2.05) is 0 Å². The number of aromatic nitrogens is 3. The minimum Gasteiger partial charge on any atom is -0.503 e. The number of carbonyl (C=O) groups is 4. The van der Waals surface area contributed by atoms with Crippen molar-refractivity contribution in [2.24, 2.45) is 15.9 Å². The van der Waals surface area contributed by atoms with Gasteiger partial charge in [0.1, 0.15) is 17.8 Å². The average molecular weight is 588 g/mol. The van der Waals surface area contributed by atoms with E-state index in [1.54, 1.807) is 0 Å². The van der Waals surface area contributed by atoms with Gasteiger partial charge in [0.25, 0.3) is 11.8 Å². The number of rotatable bonds is 10. The number of H-pyrrole nitrogens is 1. The van der Waals surface area contributed by atoms with Crippen molar-refractivity contribution in [3.05, 3.63) is 40.4 Å². The lowest BCUT2D eigenvalue weighted by molar-refractivity contribution is -0.161. The van der Waals surface area contributed by atoms with Crippen LogP contribution in [-0.2, 0) is 19.2 Å². The van der Waals surface area contributed by atoms with Gasteiger partial charge in [-0.15, -0.1) is 0 Å². The second-order valence-corrected chi connectivity index (χ2v) is 10.4. The summed E-state index contributed by atoms with van der Waals surface area (Å²) in [4.78, 5) is 81.1. The van der Waals surface area contributed by atoms with Crippen LogP contribution in [0.5, 0.6) is 5.75 Å². The molecule has 1 fully saturated rings. The molecule has 2 aromatic heterocycles. The summed E-state index contributed by atoms with van der Waals surface area (Å²) < 4.78 is 0. The van der Waals surface area contributed by atoms with Gasteiger partial charge in [-0.3, -0.25) is 24.2 Å². The zero-order chi connectivity index (χ0) is 29.9. The predicted octanol–water partition coefficient (Wildman–Crippen LogP) is -2.08. The average Bonchev–Trinajstić information content (AvgIpc) is 3.36. The van der Waals surface area contributed by atoms with Gasteiger partial charge in [-0.1, -0.05) is 16.9 Å². The van der Waals surface area contributed by atoms with Crippen LogP contribution in [0.3, 0.4) is 0 Å². The molecule has 3 amide bonds. The molecule has 8 N–H and O–H groups in total. The highest BCUT2D eigenvalue weighted by molar-refractivity contribution is 8.14. The first-order chi connectivity index (χ1) is 19.4. The summed E-state index contributed by atoms with van der Waals surface area (Å²) in [6.45, 7) is 2.40. The molecule has 17 nitrogen and oxygen atoms in total. The van der Waals surface area contributed by atoms with Gasteiger partial charge in [-0.25, -0.2) is 14.8 Å². The van der Waals surface area contributed by atoms with E-state index in [2.05, 4.69) is 41.1 Å². The molecule has 0 bridgehead atoms. The van der Waals surface area contributed by atoms with Crippen molar-refractivity contribution in [3.8, 4) is 17.3 Å². The number of thioether (sulfide) groups is 1. The number of aliphatic imine (C=N–C) groups is 1. The van der Waals surface area contributed by atoms with Crippen molar-refractivity contribution in [1.82, 2.24) is 30.9 Å². The normalized spacial score (nSPS) is 20.3. The van der Waals surface area contributed by atoms with Crippen molar-refractivity contribution in [1.29, 1.82) is 0 Å². The highest BCUT2D eigenvalue weighted by Gasteiger charge is 2.42. The first-order valence-corrected chi connectivity index (χ1v) is 12.9. The highest BCUT2D eigenvalue weighted by Crippen LogP contribution is 2.19. The van der Waals surface area contributed by atoms with Gasteiger partial charge < -0.3 is 41.7 Å². The zero-order valence-electron chi connectivity index (χ0n) is 21.6. The number of carbonyl (C=O) groups excluding carboxylic acids is 3. The van der Waals surface area contributed by atoms with E-state index in [4.69, 9.17) is 10.6 Å². The third-order valence-electron chi connectivity index (χ3n) is 5.91. The fourth-order valence-electron chi connectivity index (χ4n) is 3.48. The molecule has 2 aliphatic heterocycles. The second kappa shape index (κ2) is 11.6. The Morgan fingerprint density at radius 3 is 2.71 bits per heavy atom. The molecule has 2 aliphatic rings. The molecule has 0 radical (unpaired) electrons. The Balaban J connectivity index is 1.41. The smallest absolute Gasteiger partial charge is 0.350 e. The Kier molecular flexibility index (Phi) is 8.22. The van der Waals surface area contributed by atoms with Gasteiger partial charge in [0.2, 0.25) is 16.9 Å². The van der Waals surface area contributed by atoms with Crippen molar-refractivity contribution >= 4 is 46.3 Å². The van der Waals surface area contributed by atoms with E-state index >= 15 is 0 Å². The number of nitrogens with two attached hydrogens (primary N) is 1. The van der Waals surface area contributed by atoms with Gasteiger partial charge in [-0.05, 0) is 19.9 Å². The fraction of sp³-hybridized carbons (Fsp3) is 0.348. The minimum absolute atomic E-state index is 0.0327. The maximum atomic E-state index is 13.1. The third kappa shape index (κ3) is 6.60. The molecule has 0 aromatic carbocycles. The number of aromatic hydroxyl groups is 1. The van der Waals surface area contributed by atoms with E-state index < -0.39 is 58.6 Å². The highest BCUT2D eigenvalue weighted by atomic mass is 32.2. The van der Waals surface area contributed by atoms with Crippen LogP contribution in [0.15, 0.2) is 39.5 Å². The van der Waals surface area contributed by atoms with Gasteiger partial charge >= 0.3 is 5.97 Å². The van der Waals surface area contributed by atoms with E-state index in [9.17, 15) is 34.2 Å². The van der Waals surface area contributed by atoms with Crippen LogP contribution in [0.4, 0.5) is 0 Å². The molecule has 41 heavy (non-hydrogen) atoms. The van der Waals surface area contributed by atoms with Gasteiger partial charge in [-0.2, -0.15) is 0 Å². The molecule has 4 heterocycles. The lowest BCUT2D eigenvalue weighted by atomic mass is 9.98. The summed E-state index contributed by atoms with van der Waals surface area (Å²) in [6, 6.07) is -0.170. The molecular formula is C23H25N9O8S. The Bertz CT molecular complexity index is 1520. The molecule has 216 valence electrons. The number of nitrogens with zero attached hydrogens (tertiary/aromatic N) is 4. The van der Waals surface area contributed by atoms with E-state index in [-0.39, 0.29) is 40.4 Å². The number of pyridine rings is 1. The Labute approximate surface area is 235 Å². The number of nitrogens with one attached hydrogen (secondary N) is 4. The molecule has 2 aromatic rings.